The number of hydrogen-bond donors (Lipinski definition) is 1. The number of aromatic nitrogens is 1. The highest BCUT2D eigenvalue weighted by atomic mass is 16.1. The van der Waals surface area contributed by atoms with Crippen LogP contribution in [-0.4, -0.2) is 4.57 Å². The second kappa shape index (κ2) is 13.4. The van der Waals surface area contributed by atoms with Gasteiger partial charge in [0.25, 0.3) is 5.56 Å². The third-order valence-corrected chi connectivity index (χ3v) is 15.8. The van der Waals surface area contributed by atoms with E-state index in [1.54, 1.807) is 4.57 Å². The van der Waals surface area contributed by atoms with Gasteiger partial charge in [0.2, 0.25) is 0 Å². The topological polar surface area (TPSA) is 48.0 Å². The molecule has 0 spiro atoms. The average Bonchev–Trinajstić information content (AvgIpc) is 3.40. The van der Waals surface area contributed by atoms with E-state index in [-0.39, 0.29) is 5.56 Å². The van der Waals surface area contributed by atoms with E-state index < -0.39 is 0 Å². The van der Waals surface area contributed by atoms with Crippen molar-refractivity contribution in [1.29, 1.82) is 0 Å². The van der Waals surface area contributed by atoms with Gasteiger partial charge in [0, 0.05) is 21.7 Å². The van der Waals surface area contributed by atoms with Crippen LogP contribution in [0.2, 0.25) is 0 Å². The summed E-state index contributed by atoms with van der Waals surface area (Å²) in [6.45, 7) is 4.73. The third kappa shape index (κ3) is 5.00. The van der Waals surface area contributed by atoms with Crippen LogP contribution in [0.15, 0.2) is 211 Å². The smallest absolute Gasteiger partial charge is 0.263 e. The molecule has 16 rings (SSSR count). The summed E-state index contributed by atoms with van der Waals surface area (Å²) in [4.78, 5) is 15.5. The van der Waals surface area contributed by atoms with E-state index in [4.69, 9.17) is 12.3 Å². The van der Waals surface area contributed by atoms with Crippen molar-refractivity contribution in [3.05, 3.63) is 222 Å². The number of nitrogen functional groups attached to an aromatic ring is 1. The van der Waals surface area contributed by atoms with Crippen LogP contribution < -0.4 is 16.6 Å². The lowest BCUT2D eigenvalue weighted by atomic mass is 9.88. The fourth-order valence-corrected chi connectivity index (χ4v) is 12.7. The zero-order valence-corrected chi connectivity index (χ0v) is 37.8. The maximum absolute atomic E-state index is 15.5. The van der Waals surface area contributed by atoms with E-state index >= 15 is 4.79 Å². The number of rotatable bonds is 4. The predicted molar refractivity (Wildman–Crippen MR) is 300 cm³/mol. The Hall–Kier alpha value is -9.31. The van der Waals surface area contributed by atoms with Crippen molar-refractivity contribution in [2.24, 2.45) is 0 Å². The number of nitrogens with zero attached hydrogens (tertiary/aromatic N) is 1. The summed E-state index contributed by atoms with van der Waals surface area (Å²) >= 11 is 0. The number of pyridine rings is 1. The standard InChI is InChI=1S/C67H38N2O/c1-36-53-26-27-54(51-30-45-22-16-39-8-3-9-40-17-23-46(31-51)63(45)60(39)40)55-12-5-13-56(65(53)55)67(70)69(36)58-35-50(49-28-43-20-14-37-6-2-7-38-15-21-44(29-49)62(43)59(37)38)34-57(66(58)68)52-32-47-24-18-41-10-4-11-42-19-25-48(33-52)64(47)61(41)42/h2-35H,1,68H2. The highest BCUT2D eigenvalue weighted by Crippen LogP contribution is 2.45. The van der Waals surface area contributed by atoms with Gasteiger partial charge in [-0.2, -0.15) is 0 Å². The molecule has 0 bridgehead atoms. The van der Waals surface area contributed by atoms with Crippen LogP contribution in [0.3, 0.4) is 0 Å². The van der Waals surface area contributed by atoms with Gasteiger partial charge in [-0.1, -0.05) is 158 Å². The van der Waals surface area contributed by atoms with Crippen molar-refractivity contribution in [2.45, 2.75) is 0 Å². The molecule has 322 valence electrons. The van der Waals surface area contributed by atoms with Gasteiger partial charge >= 0.3 is 0 Å². The molecule has 16 aromatic rings. The van der Waals surface area contributed by atoms with E-state index in [1.165, 1.54) is 86.2 Å². The molecule has 0 aliphatic carbocycles. The van der Waals surface area contributed by atoms with Crippen LogP contribution in [0.5, 0.6) is 0 Å². The molecule has 70 heavy (non-hydrogen) atoms. The van der Waals surface area contributed by atoms with Crippen molar-refractivity contribution in [2.75, 3.05) is 5.73 Å². The molecule has 3 nitrogen and oxygen atoms in total. The van der Waals surface area contributed by atoms with Crippen LogP contribution in [0, 0.1) is 0 Å². The quantitative estimate of drug-likeness (QED) is 0.141. The Kier molecular flexibility index (Phi) is 7.25. The Balaban J connectivity index is 0.943. The van der Waals surface area contributed by atoms with Crippen molar-refractivity contribution in [1.82, 2.24) is 4.57 Å². The number of benzene rings is 15. The van der Waals surface area contributed by atoms with E-state index in [0.29, 0.717) is 22.1 Å². The molecule has 1 heterocycles. The van der Waals surface area contributed by atoms with Gasteiger partial charge in [0.1, 0.15) is 0 Å². The van der Waals surface area contributed by atoms with Crippen molar-refractivity contribution in [3.8, 4) is 39.1 Å². The van der Waals surface area contributed by atoms with Crippen molar-refractivity contribution < 1.29 is 0 Å². The Morgan fingerprint density at radius 2 is 0.671 bits per heavy atom. The Bertz CT molecular complexity index is 4840. The molecule has 1 aromatic heterocycles. The van der Waals surface area contributed by atoms with Gasteiger partial charge in [-0.25, -0.2) is 0 Å². The predicted octanol–water partition coefficient (Wildman–Crippen LogP) is 16.5. The molecule has 0 radical (unpaired) electrons. The Labute approximate surface area is 400 Å². The zero-order valence-electron chi connectivity index (χ0n) is 37.8. The summed E-state index contributed by atoms with van der Waals surface area (Å²) in [6.07, 6.45) is 0. The van der Waals surface area contributed by atoms with Gasteiger partial charge in [-0.15, -0.1) is 0 Å². The van der Waals surface area contributed by atoms with E-state index in [1.807, 2.05) is 12.1 Å². The third-order valence-electron chi connectivity index (χ3n) is 15.8. The van der Waals surface area contributed by atoms with Crippen LogP contribution in [-0.2, 0) is 0 Å². The lowest BCUT2D eigenvalue weighted by molar-refractivity contribution is 0.983. The van der Waals surface area contributed by atoms with E-state index in [9.17, 15) is 0 Å². The second-order valence-electron chi connectivity index (χ2n) is 19.5. The van der Waals surface area contributed by atoms with Crippen LogP contribution >= 0.6 is 0 Å². The maximum atomic E-state index is 15.5. The zero-order chi connectivity index (χ0) is 46.1. The minimum atomic E-state index is -0.156. The molecule has 0 aliphatic rings. The lowest BCUT2D eigenvalue weighted by Crippen LogP contribution is -2.32. The van der Waals surface area contributed by atoms with Crippen molar-refractivity contribution >= 4 is 131 Å². The summed E-state index contributed by atoms with van der Waals surface area (Å²) in [6, 6.07) is 74.7. The molecular weight excluding hydrogens is 849 g/mol. The normalized spacial score (nSPS) is 12.5. The molecule has 0 unspecified atom stereocenters. The first-order valence-electron chi connectivity index (χ1n) is 24.0. The van der Waals surface area contributed by atoms with Gasteiger partial charge in [0.15, 0.2) is 0 Å². The molecule has 0 atom stereocenters. The molecular formula is C67H38N2O. The molecule has 2 N–H and O–H groups in total. The van der Waals surface area contributed by atoms with Gasteiger partial charge < -0.3 is 5.73 Å². The minimum absolute atomic E-state index is 0.156. The van der Waals surface area contributed by atoms with Crippen LogP contribution in [0.25, 0.3) is 164 Å². The van der Waals surface area contributed by atoms with Crippen LogP contribution in [0.1, 0.15) is 0 Å². The minimum Gasteiger partial charge on any atom is -0.397 e. The fourth-order valence-electron chi connectivity index (χ4n) is 12.7. The fraction of sp³-hybridized carbons (Fsp3) is 0. The lowest BCUT2D eigenvalue weighted by Gasteiger charge is -2.21. The number of nitrogens with two attached hydrogens (primary N) is 1. The highest BCUT2D eigenvalue weighted by molar-refractivity contribution is 6.27. The van der Waals surface area contributed by atoms with Gasteiger partial charge in [-0.3, -0.25) is 9.36 Å². The SMILES string of the molecule is C=c1c2ccc(-c3cc4ccc5cccc6ccc(c3)c4c56)c3cccc(c(=O)n1-c1cc(-c4cc5ccc6cccc7ccc(c4)c5c67)cc(-c4cc5ccc6cccc7ccc(c4)c5c67)c1N)c32. The summed E-state index contributed by atoms with van der Waals surface area (Å²) in [5, 5.41) is 26.1. The first-order chi connectivity index (χ1) is 34.4. The summed E-state index contributed by atoms with van der Waals surface area (Å²) in [7, 11) is 0. The second-order valence-corrected chi connectivity index (χ2v) is 19.5. The van der Waals surface area contributed by atoms with Gasteiger partial charge in [-0.05, 0) is 185 Å². The molecule has 0 amide bonds. The van der Waals surface area contributed by atoms with Crippen molar-refractivity contribution in [3.63, 3.8) is 0 Å². The highest BCUT2D eigenvalue weighted by Gasteiger charge is 2.22. The molecule has 0 aliphatic heterocycles. The average molecular weight is 887 g/mol. The molecule has 0 saturated carbocycles. The molecule has 0 fully saturated rings. The Morgan fingerprint density at radius 3 is 1.13 bits per heavy atom. The number of hydrogen-bond acceptors (Lipinski definition) is 2. The Morgan fingerprint density at radius 1 is 0.314 bits per heavy atom. The first-order valence-corrected chi connectivity index (χ1v) is 24.0. The number of anilines is 1. The largest absolute Gasteiger partial charge is 0.397 e. The molecule has 3 heteroatoms. The van der Waals surface area contributed by atoms with E-state index in [0.717, 1.165) is 60.3 Å². The summed E-state index contributed by atoms with van der Waals surface area (Å²) in [5.41, 5.74) is 14.5. The van der Waals surface area contributed by atoms with E-state index in [2.05, 4.69) is 194 Å². The monoisotopic (exact) mass is 886 g/mol. The molecule has 15 aromatic carbocycles. The summed E-state index contributed by atoms with van der Waals surface area (Å²) in [5.74, 6) is 0. The molecule has 0 saturated heterocycles. The van der Waals surface area contributed by atoms with Gasteiger partial charge in [0.05, 0.1) is 16.7 Å². The van der Waals surface area contributed by atoms with Crippen LogP contribution in [0.4, 0.5) is 5.69 Å². The maximum Gasteiger partial charge on any atom is 0.263 e. The first kappa shape index (κ1) is 37.7. The summed E-state index contributed by atoms with van der Waals surface area (Å²) < 4.78 is 1.77.